The normalized spacial score (nSPS) is 11.2. The summed E-state index contributed by atoms with van der Waals surface area (Å²) in [6.45, 7) is 8.04. The van der Waals surface area contributed by atoms with Crippen LogP contribution in [0, 0.1) is 6.92 Å². The predicted octanol–water partition coefficient (Wildman–Crippen LogP) is 3.40. The lowest BCUT2D eigenvalue weighted by atomic mass is 10.00. The van der Waals surface area contributed by atoms with Crippen molar-refractivity contribution >= 4 is 11.6 Å². The third-order valence-corrected chi connectivity index (χ3v) is 3.87. The summed E-state index contributed by atoms with van der Waals surface area (Å²) in [5, 5.41) is 13.1. The number of hydrogen-bond donors (Lipinski definition) is 0. The number of ether oxygens (including phenoxy) is 1. The van der Waals surface area contributed by atoms with Crippen molar-refractivity contribution in [2.24, 2.45) is 0 Å². The van der Waals surface area contributed by atoms with Gasteiger partial charge in [-0.1, -0.05) is 44.2 Å². The molecule has 0 N–H and O–H groups in total. The topological polar surface area (TPSA) is 69.4 Å². The average Bonchev–Trinajstić information content (AvgIpc) is 2.97. The van der Waals surface area contributed by atoms with Gasteiger partial charge in [0.2, 0.25) is 0 Å². The SMILES string of the molecule is CCOC(=O)c1nnc2c(-c3ccccc3)c(C(C)C)nn2c1C. The Morgan fingerprint density at radius 3 is 2.54 bits per heavy atom. The maximum Gasteiger partial charge on any atom is 0.360 e. The molecule has 6 heteroatoms. The third-order valence-electron chi connectivity index (χ3n) is 3.87. The van der Waals surface area contributed by atoms with E-state index in [0.29, 0.717) is 17.9 Å². The molecule has 3 rings (SSSR count). The van der Waals surface area contributed by atoms with Crippen molar-refractivity contribution in [3.63, 3.8) is 0 Å². The first-order valence-corrected chi connectivity index (χ1v) is 8.03. The van der Waals surface area contributed by atoms with E-state index in [0.717, 1.165) is 16.8 Å². The number of aromatic nitrogens is 4. The van der Waals surface area contributed by atoms with Crippen molar-refractivity contribution in [2.45, 2.75) is 33.6 Å². The highest BCUT2D eigenvalue weighted by Crippen LogP contribution is 2.32. The van der Waals surface area contributed by atoms with Crippen LogP contribution in [-0.2, 0) is 4.74 Å². The summed E-state index contributed by atoms with van der Waals surface area (Å²) in [5.74, 6) is -0.264. The smallest absolute Gasteiger partial charge is 0.360 e. The van der Waals surface area contributed by atoms with Crippen LogP contribution in [0.5, 0.6) is 0 Å². The van der Waals surface area contributed by atoms with Gasteiger partial charge in [-0.25, -0.2) is 9.31 Å². The minimum Gasteiger partial charge on any atom is -0.461 e. The molecule has 0 atom stereocenters. The van der Waals surface area contributed by atoms with Crippen molar-refractivity contribution in [2.75, 3.05) is 6.61 Å². The summed E-state index contributed by atoms with van der Waals surface area (Å²) in [5.41, 5.74) is 4.39. The Labute approximate surface area is 140 Å². The van der Waals surface area contributed by atoms with Crippen molar-refractivity contribution < 1.29 is 9.53 Å². The average molecular weight is 324 g/mol. The third kappa shape index (κ3) is 2.64. The Morgan fingerprint density at radius 2 is 1.92 bits per heavy atom. The first kappa shape index (κ1) is 16.1. The van der Waals surface area contributed by atoms with Crippen molar-refractivity contribution in [3.8, 4) is 11.1 Å². The summed E-state index contributed by atoms with van der Waals surface area (Å²) >= 11 is 0. The van der Waals surface area contributed by atoms with Gasteiger partial charge in [-0.05, 0) is 25.3 Å². The van der Waals surface area contributed by atoms with Gasteiger partial charge in [-0.2, -0.15) is 5.10 Å². The van der Waals surface area contributed by atoms with Crippen molar-refractivity contribution in [1.29, 1.82) is 0 Å². The van der Waals surface area contributed by atoms with E-state index in [-0.39, 0.29) is 11.6 Å². The molecule has 0 amide bonds. The lowest BCUT2D eigenvalue weighted by Crippen LogP contribution is -2.14. The van der Waals surface area contributed by atoms with E-state index in [4.69, 9.17) is 9.84 Å². The molecule has 3 aromatic rings. The van der Waals surface area contributed by atoms with Crippen LogP contribution in [0.2, 0.25) is 0 Å². The number of benzene rings is 1. The monoisotopic (exact) mass is 324 g/mol. The van der Waals surface area contributed by atoms with Crippen LogP contribution >= 0.6 is 0 Å². The van der Waals surface area contributed by atoms with Gasteiger partial charge in [0.15, 0.2) is 11.3 Å². The molecule has 0 aliphatic carbocycles. The van der Waals surface area contributed by atoms with E-state index >= 15 is 0 Å². The quantitative estimate of drug-likeness (QED) is 0.688. The number of rotatable bonds is 4. The largest absolute Gasteiger partial charge is 0.461 e. The summed E-state index contributed by atoms with van der Waals surface area (Å²) < 4.78 is 6.74. The lowest BCUT2D eigenvalue weighted by molar-refractivity contribution is 0.0516. The lowest BCUT2D eigenvalue weighted by Gasteiger charge is -2.06. The second-order valence-electron chi connectivity index (χ2n) is 5.87. The zero-order chi connectivity index (χ0) is 17.3. The molecule has 0 spiro atoms. The maximum atomic E-state index is 12.0. The number of nitrogens with zero attached hydrogens (tertiary/aromatic N) is 4. The number of hydrogen-bond acceptors (Lipinski definition) is 5. The number of carbonyl (C=O) groups is 1. The van der Waals surface area contributed by atoms with E-state index in [1.54, 1.807) is 18.4 Å². The molecule has 0 radical (unpaired) electrons. The number of esters is 1. The van der Waals surface area contributed by atoms with Gasteiger partial charge in [-0.3, -0.25) is 0 Å². The second kappa shape index (κ2) is 6.39. The summed E-state index contributed by atoms with van der Waals surface area (Å²) in [6, 6.07) is 9.99. The molecule has 0 fully saturated rings. The number of fused-ring (bicyclic) bond motifs is 1. The van der Waals surface area contributed by atoms with Crippen molar-refractivity contribution in [1.82, 2.24) is 19.8 Å². The summed E-state index contributed by atoms with van der Waals surface area (Å²) in [4.78, 5) is 12.0. The van der Waals surface area contributed by atoms with Gasteiger partial charge in [-0.15, -0.1) is 10.2 Å². The molecule has 1 aromatic carbocycles. The Balaban J connectivity index is 2.27. The van der Waals surface area contributed by atoms with E-state index in [1.165, 1.54) is 0 Å². The minimum atomic E-state index is -0.479. The fourth-order valence-electron chi connectivity index (χ4n) is 2.70. The Morgan fingerprint density at radius 1 is 1.21 bits per heavy atom. The fourth-order valence-corrected chi connectivity index (χ4v) is 2.70. The molecule has 0 saturated heterocycles. The first-order chi connectivity index (χ1) is 11.5. The highest BCUT2D eigenvalue weighted by Gasteiger charge is 2.23. The summed E-state index contributed by atoms with van der Waals surface area (Å²) in [6.07, 6.45) is 0. The molecule has 124 valence electrons. The van der Waals surface area contributed by atoms with E-state index < -0.39 is 5.97 Å². The number of aryl methyl sites for hydroxylation is 1. The van der Waals surface area contributed by atoms with Crippen LogP contribution in [-0.4, -0.2) is 32.4 Å². The molecule has 24 heavy (non-hydrogen) atoms. The standard InChI is InChI=1S/C18H20N4O2/c1-5-24-18(23)16-12(4)22-17(20-19-16)14(15(21-22)11(2)3)13-9-7-6-8-10-13/h6-11H,5H2,1-4H3. The summed E-state index contributed by atoms with van der Waals surface area (Å²) in [7, 11) is 0. The van der Waals surface area contributed by atoms with Gasteiger partial charge in [0, 0.05) is 0 Å². The molecule has 0 aliphatic heterocycles. The van der Waals surface area contributed by atoms with Crippen LogP contribution in [0.25, 0.3) is 16.8 Å². The molecule has 0 bridgehead atoms. The van der Waals surface area contributed by atoms with Crippen LogP contribution in [0.3, 0.4) is 0 Å². The molecule has 0 saturated carbocycles. The maximum absolute atomic E-state index is 12.0. The van der Waals surface area contributed by atoms with Crippen LogP contribution < -0.4 is 0 Å². The molecule has 2 aromatic heterocycles. The zero-order valence-corrected chi connectivity index (χ0v) is 14.3. The Hall–Kier alpha value is -2.76. The predicted molar refractivity (Wildman–Crippen MR) is 91.0 cm³/mol. The highest BCUT2D eigenvalue weighted by molar-refractivity contribution is 5.89. The van der Waals surface area contributed by atoms with Gasteiger partial charge in [0.25, 0.3) is 0 Å². The Bertz CT molecular complexity index is 885. The van der Waals surface area contributed by atoms with Crippen molar-refractivity contribution in [3.05, 3.63) is 47.4 Å². The molecular weight excluding hydrogens is 304 g/mol. The van der Waals surface area contributed by atoms with Crippen LogP contribution in [0.15, 0.2) is 30.3 Å². The molecular formula is C18H20N4O2. The highest BCUT2D eigenvalue weighted by atomic mass is 16.5. The van der Waals surface area contributed by atoms with E-state index in [1.807, 2.05) is 30.3 Å². The minimum absolute atomic E-state index is 0.196. The van der Waals surface area contributed by atoms with Crippen LogP contribution in [0.4, 0.5) is 0 Å². The zero-order valence-electron chi connectivity index (χ0n) is 14.3. The first-order valence-electron chi connectivity index (χ1n) is 8.03. The molecule has 0 unspecified atom stereocenters. The molecule has 2 heterocycles. The van der Waals surface area contributed by atoms with Gasteiger partial charge in [0.1, 0.15) is 0 Å². The van der Waals surface area contributed by atoms with Gasteiger partial charge < -0.3 is 4.74 Å². The number of carbonyl (C=O) groups excluding carboxylic acids is 1. The van der Waals surface area contributed by atoms with E-state index in [2.05, 4.69) is 24.0 Å². The molecule has 0 aliphatic rings. The van der Waals surface area contributed by atoms with Crippen LogP contribution in [0.1, 0.15) is 48.6 Å². The fraction of sp³-hybridized carbons (Fsp3) is 0.333. The molecule has 6 nitrogen and oxygen atoms in total. The second-order valence-corrected chi connectivity index (χ2v) is 5.87. The van der Waals surface area contributed by atoms with Gasteiger partial charge >= 0.3 is 5.97 Å². The Kier molecular flexibility index (Phi) is 4.29. The van der Waals surface area contributed by atoms with Gasteiger partial charge in [0.05, 0.1) is 23.6 Å². The van der Waals surface area contributed by atoms with E-state index in [9.17, 15) is 4.79 Å².